The van der Waals surface area contributed by atoms with Crippen LogP contribution in [0.25, 0.3) is 0 Å². The second-order valence-electron chi connectivity index (χ2n) is 2.59. The van der Waals surface area contributed by atoms with Crippen LogP contribution in [0.3, 0.4) is 0 Å². The number of nitrogens with zero attached hydrogens (tertiary/aromatic N) is 1. The van der Waals surface area contributed by atoms with E-state index in [1.807, 2.05) is 22.6 Å². The maximum absolute atomic E-state index is 10.8. The van der Waals surface area contributed by atoms with E-state index in [1.165, 1.54) is 0 Å². The molecule has 0 saturated heterocycles. The summed E-state index contributed by atoms with van der Waals surface area (Å²) >= 11 is 1.93. The normalized spacial score (nSPS) is 9.79. The van der Waals surface area contributed by atoms with E-state index in [-0.39, 0.29) is 22.6 Å². The molecule has 0 aliphatic carbocycles. The zero-order valence-electron chi connectivity index (χ0n) is 7.25. The van der Waals surface area contributed by atoms with Gasteiger partial charge in [-0.05, 0) is 29.3 Å². The van der Waals surface area contributed by atoms with E-state index in [0.717, 1.165) is 0 Å². The van der Waals surface area contributed by atoms with Gasteiger partial charge in [0.1, 0.15) is 0 Å². The summed E-state index contributed by atoms with van der Waals surface area (Å²) in [5.41, 5.74) is 18.3. The predicted octanol–water partition coefficient (Wildman–Crippen LogP) is 1.18. The first-order valence-electron chi connectivity index (χ1n) is 3.62. The number of rotatable bonds is 2. The number of benzene rings is 1. The van der Waals surface area contributed by atoms with Gasteiger partial charge in [0.15, 0.2) is 6.29 Å². The SMILES string of the molecule is C=Nc1c(N)c(N)c(I)c(N)c1C=O. The molecule has 0 radical (unpaired) electrons. The van der Waals surface area contributed by atoms with Crippen LogP contribution in [0.2, 0.25) is 0 Å². The first-order valence-corrected chi connectivity index (χ1v) is 4.70. The van der Waals surface area contributed by atoms with Crippen molar-refractivity contribution in [1.29, 1.82) is 0 Å². The van der Waals surface area contributed by atoms with Crippen LogP contribution < -0.4 is 17.2 Å². The van der Waals surface area contributed by atoms with Crippen LogP contribution in [0.15, 0.2) is 4.99 Å². The van der Waals surface area contributed by atoms with Crippen LogP contribution in [-0.4, -0.2) is 13.0 Å². The molecule has 0 unspecified atom stereocenters. The smallest absolute Gasteiger partial charge is 0.154 e. The average molecular weight is 304 g/mol. The summed E-state index contributed by atoms with van der Waals surface area (Å²) in [5, 5.41) is 0. The lowest BCUT2D eigenvalue weighted by atomic mass is 10.1. The third-order valence-electron chi connectivity index (χ3n) is 1.84. The van der Waals surface area contributed by atoms with Crippen LogP contribution in [0, 0.1) is 3.57 Å². The van der Waals surface area contributed by atoms with Crippen molar-refractivity contribution in [2.24, 2.45) is 4.99 Å². The highest BCUT2D eigenvalue weighted by molar-refractivity contribution is 14.1. The summed E-state index contributed by atoms with van der Waals surface area (Å²) < 4.78 is 0.564. The Morgan fingerprint density at radius 1 is 1.21 bits per heavy atom. The molecule has 14 heavy (non-hydrogen) atoms. The van der Waals surface area contributed by atoms with E-state index < -0.39 is 0 Å². The molecule has 0 aliphatic rings. The lowest BCUT2D eigenvalue weighted by Crippen LogP contribution is -2.05. The van der Waals surface area contributed by atoms with Crippen molar-refractivity contribution in [2.75, 3.05) is 17.2 Å². The van der Waals surface area contributed by atoms with Gasteiger partial charge in [0.25, 0.3) is 0 Å². The maximum atomic E-state index is 10.8. The third kappa shape index (κ3) is 1.41. The van der Waals surface area contributed by atoms with Crippen molar-refractivity contribution in [3.63, 3.8) is 0 Å². The Hall–Kier alpha value is -1.31. The van der Waals surface area contributed by atoms with Crippen molar-refractivity contribution >= 4 is 58.3 Å². The molecule has 6 heteroatoms. The fraction of sp³-hybridized carbons (Fsp3) is 0. The predicted molar refractivity (Wildman–Crippen MR) is 67.0 cm³/mol. The van der Waals surface area contributed by atoms with Gasteiger partial charge in [-0.25, -0.2) is 0 Å². The van der Waals surface area contributed by atoms with Crippen molar-refractivity contribution < 1.29 is 4.79 Å². The Morgan fingerprint density at radius 3 is 2.21 bits per heavy atom. The van der Waals surface area contributed by atoms with Crippen LogP contribution in [0.4, 0.5) is 22.7 Å². The highest BCUT2D eigenvalue weighted by Gasteiger charge is 2.16. The molecule has 0 heterocycles. The van der Waals surface area contributed by atoms with Crippen LogP contribution in [0.5, 0.6) is 0 Å². The second kappa shape index (κ2) is 3.82. The van der Waals surface area contributed by atoms with Crippen LogP contribution >= 0.6 is 22.6 Å². The number of nitrogen functional groups attached to an aromatic ring is 3. The van der Waals surface area contributed by atoms with Gasteiger partial charge in [-0.3, -0.25) is 9.79 Å². The summed E-state index contributed by atoms with van der Waals surface area (Å²) in [6, 6.07) is 0. The highest BCUT2D eigenvalue weighted by atomic mass is 127. The molecule has 0 aromatic heterocycles. The average Bonchev–Trinajstić information content (AvgIpc) is 2.20. The minimum Gasteiger partial charge on any atom is -0.397 e. The molecule has 0 amide bonds. The fourth-order valence-corrected chi connectivity index (χ4v) is 1.65. The summed E-state index contributed by atoms with van der Waals surface area (Å²) in [5.74, 6) is 0. The molecule has 0 aliphatic heterocycles. The Balaban J connectivity index is 3.73. The lowest BCUT2D eigenvalue weighted by molar-refractivity contribution is 0.112. The van der Waals surface area contributed by atoms with E-state index in [0.29, 0.717) is 15.5 Å². The number of halogens is 1. The standard InChI is InChI=1S/C8H9IN4O/c1-13-8-3(2-14)5(10)4(9)6(11)7(8)12/h2H,1,10-12H2. The molecule has 1 rings (SSSR count). The van der Waals surface area contributed by atoms with Crippen molar-refractivity contribution in [3.05, 3.63) is 9.13 Å². The highest BCUT2D eigenvalue weighted by Crippen LogP contribution is 2.39. The minimum absolute atomic E-state index is 0.233. The van der Waals surface area contributed by atoms with Gasteiger partial charge in [0.2, 0.25) is 0 Å². The van der Waals surface area contributed by atoms with E-state index in [9.17, 15) is 4.79 Å². The molecule has 74 valence electrons. The number of aliphatic imine (C=N–C) groups is 1. The maximum Gasteiger partial charge on any atom is 0.154 e. The molecule has 1 aromatic rings. The number of aldehydes is 1. The second-order valence-corrected chi connectivity index (χ2v) is 3.67. The molecule has 0 fully saturated rings. The van der Waals surface area contributed by atoms with E-state index in [1.54, 1.807) is 0 Å². The summed E-state index contributed by atoms with van der Waals surface area (Å²) in [4.78, 5) is 14.4. The zero-order chi connectivity index (χ0) is 10.9. The number of nitrogens with two attached hydrogens (primary N) is 3. The molecule has 0 bridgehead atoms. The first-order chi connectivity index (χ1) is 6.54. The summed E-state index contributed by atoms with van der Waals surface area (Å²) in [6.45, 7) is 3.31. The van der Waals surface area contributed by atoms with Gasteiger partial charge >= 0.3 is 0 Å². The molecule has 5 nitrogen and oxygen atoms in total. The molecular formula is C8H9IN4O. The van der Waals surface area contributed by atoms with Crippen molar-refractivity contribution in [1.82, 2.24) is 0 Å². The number of hydrogen-bond acceptors (Lipinski definition) is 5. The Morgan fingerprint density at radius 2 is 1.79 bits per heavy atom. The number of carbonyl (C=O) groups is 1. The number of carbonyl (C=O) groups excluding carboxylic acids is 1. The van der Waals surface area contributed by atoms with Crippen molar-refractivity contribution in [2.45, 2.75) is 0 Å². The molecule has 0 spiro atoms. The van der Waals surface area contributed by atoms with E-state index >= 15 is 0 Å². The summed E-state index contributed by atoms with van der Waals surface area (Å²) in [7, 11) is 0. The minimum atomic E-state index is 0.233. The first kappa shape index (κ1) is 10.8. The van der Waals surface area contributed by atoms with E-state index in [4.69, 9.17) is 17.2 Å². The monoisotopic (exact) mass is 304 g/mol. The zero-order valence-corrected chi connectivity index (χ0v) is 9.41. The van der Waals surface area contributed by atoms with E-state index in [2.05, 4.69) is 11.7 Å². The van der Waals surface area contributed by atoms with Crippen molar-refractivity contribution in [3.8, 4) is 0 Å². The van der Waals surface area contributed by atoms with Gasteiger partial charge in [0, 0.05) is 0 Å². The van der Waals surface area contributed by atoms with Crippen LogP contribution in [-0.2, 0) is 0 Å². The fourth-order valence-electron chi connectivity index (χ4n) is 1.07. The van der Waals surface area contributed by atoms with Gasteiger partial charge in [-0.1, -0.05) is 0 Å². The third-order valence-corrected chi connectivity index (χ3v) is 3.00. The summed E-state index contributed by atoms with van der Waals surface area (Å²) in [6.07, 6.45) is 0.595. The number of anilines is 3. The molecule has 0 saturated carbocycles. The van der Waals surface area contributed by atoms with Gasteiger partial charge < -0.3 is 17.2 Å². The van der Waals surface area contributed by atoms with Gasteiger partial charge in [-0.15, -0.1) is 0 Å². The molecule has 0 atom stereocenters. The molecular weight excluding hydrogens is 295 g/mol. The van der Waals surface area contributed by atoms with Crippen LogP contribution in [0.1, 0.15) is 10.4 Å². The molecule has 6 N–H and O–H groups in total. The van der Waals surface area contributed by atoms with Gasteiger partial charge in [0.05, 0.1) is 31.9 Å². The largest absolute Gasteiger partial charge is 0.397 e. The Bertz CT molecular complexity index is 378. The quantitative estimate of drug-likeness (QED) is 0.330. The van der Waals surface area contributed by atoms with Gasteiger partial charge in [-0.2, -0.15) is 0 Å². The Kier molecular flexibility index (Phi) is 2.94. The number of hydrogen-bond donors (Lipinski definition) is 3. The molecule has 1 aromatic carbocycles. The lowest BCUT2D eigenvalue weighted by Gasteiger charge is -2.12. The Labute approximate surface area is 94.5 Å². The topological polar surface area (TPSA) is 107 Å².